The number of phenolic OH excluding ortho intramolecular Hbond substituents is 1. The van der Waals surface area contributed by atoms with E-state index in [0.717, 1.165) is 5.56 Å². The van der Waals surface area contributed by atoms with Gasteiger partial charge in [-0.25, -0.2) is 0 Å². The average molecular weight is 921 g/mol. The van der Waals surface area contributed by atoms with E-state index < -0.39 is 0 Å². The Bertz CT molecular complexity index is 411. The van der Waals surface area contributed by atoms with Gasteiger partial charge in [-0.1, -0.05) is 97.9 Å². The van der Waals surface area contributed by atoms with Gasteiger partial charge in [0.05, 0.1) is 0 Å². The zero-order valence-electron chi connectivity index (χ0n) is 21.6. The first-order valence-corrected chi connectivity index (χ1v) is 24.3. The van der Waals surface area contributed by atoms with Crippen LogP contribution < -0.4 is 13.3 Å². The minimum absolute atomic E-state index is 0. The van der Waals surface area contributed by atoms with Gasteiger partial charge in [0.25, 0.3) is 0 Å². The van der Waals surface area contributed by atoms with Crippen LogP contribution in [0.5, 0.6) is 5.75 Å². The number of para-hydroxylation sites is 1. The molecule has 0 fully saturated rings. The van der Waals surface area contributed by atoms with E-state index in [-0.39, 0.29) is 18.6 Å². The number of halogens is 4. The summed E-state index contributed by atoms with van der Waals surface area (Å²) >= 11 is 7.46. The Morgan fingerprint density at radius 3 is 0.968 bits per heavy atom. The molecular formula is C25H46I4OV-2. The van der Waals surface area contributed by atoms with E-state index >= 15 is 0 Å². The zero-order valence-corrected chi connectivity index (χ0v) is 31.6. The van der Waals surface area contributed by atoms with Gasteiger partial charge in [-0.15, -0.1) is 0 Å². The number of phenols is 1. The summed E-state index contributed by atoms with van der Waals surface area (Å²) in [7, 11) is 0. The van der Waals surface area contributed by atoms with Crippen molar-refractivity contribution in [2.75, 3.05) is 0 Å². The van der Waals surface area contributed by atoms with Crippen molar-refractivity contribution in [3.8, 4) is 5.75 Å². The molecule has 31 heavy (non-hydrogen) atoms. The van der Waals surface area contributed by atoms with Crippen LogP contribution in [0.15, 0.2) is 48.5 Å². The molecule has 0 aromatic heterocycles. The van der Waals surface area contributed by atoms with Crippen LogP contribution in [0.2, 0.25) is 0 Å². The van der Waals surface area contributed by atoms with Crippen molar-refractivity contribution in [2.24, 2.45) is 0 Å². The molecular weight excluding hydrogens is 875 g/mol. The summed E-state index contributed by atoms with van der Waals surface area (Å²) in [5.74, 6) is 0.368. The molecule has 0 unspecified atom stereocenters. The van der Waals surface area contributed by atoms with Crippen LogP contribution in [0.25, 0.3) is 0 Å². The van der Waals surface area contributed by atoms with Crippen LogP contribution in [0.4, 0.5) is 0 Å². The number of aryl methyl sites for hydroxylation is 3. The molecule has 0 saturated carbocycles. The molecule has 187 valence electrons. The molecule has 0 bridgehead atoms. The summed E-state index contributed by atoms with van der Waals surface area (Å²) < 4.78 is 1.97. The zero-order chi connectivity index (χ0) is 25.4. The van der Waals surface area contributed by atoms with Crippen molar-refractivity contribution in [3.63, 3.8) is 0 Å². The summed E-state index contributed by atoms with van der Waals surface area (Å²) in [6.45, 7) is 24.1. The Balaban J connectivity index is -0.0000000469. The van der Waals surface area contributed by atoms with Crippen molar-refractivity contribution in [1.82, 2.24) is 0 Å². The van der Waals surface area contributed by atoms with Gasteiger partial charge >= 0.3 is 50.5 Å². The molecule has 1 nitrogen and oxygen atoms in total. The third kappa shape index (κ3) is 49.8. The molecule has 0 aliphatic rings. The van der Waals surface area contributed by atoms with E-state index in [4.69, 9.17) is 5.11 Å². The van der Waals surface area contributed by atoms with Gasteiger partial charge in [0.1, 0.15) is 5.75 Å². The maximum atomic E-state index is 8.92. The van der Waals surface area contributed by atoms with Crippen molar-refractivity contribution < 1.29 is 36.9 Å². The fourth-order valence-corrected chi connectivity index (χ4v) is 1.23. The normalized spacial score (nSPS) is 6.81. The maximum absolute atomic E-state index is 8.92. The Labute approximate surface area is 251 Å². The Kier molecular flexibility index (Phi) is 85.5. The molecule has 0 aliphatic carbocycles. The van der Waals surface area contributed by atoms with Gasteiger partial charge in [-0.05, 0) is 43.5 Å². The second kappa shape index (κ2) is 53.2. The summed E-state index contributed by atoms with van der Waals surface area (Å²) in [5.41, 5.74) is 3.66. The Morgan fingerprint density at radius 1 is 0.645 bits per heavy atom. The Hall–Kier alpha value is 1.74. The van der Waals surface area contributed by atoms with Gasteiger partial charge in [0.15, 0.2) is 0 Å². The molecule has 1 radical (unpaired) electrons. The first kappa shape index (κ1) is 49.8. The summed E-state index contributed by atoms with van der Waals surface area (Å²) in [6, 6.07) is 15.6. The summed E-state index contributed by atoms with van der Waals surface area (Å²) in [4.78, 5) is 0. The van der Waals surface area contributed by atoms with E-state index in [1.54, 1.807) is 6.07 Å². The van der Waals surface area contributed by atoms with Crippen molar-refractivity contribution in [1.29, 1.82) is 0 Å². The number of rotatable bonds is 0. The second-order valence-corrected chi connectivity index (χ2v) is 21.6. The molecule has 2 aromatic rings. The monoisotopic (exact) mass is 921 g/mol. The smallest absolute Gasteiger partial charge is 0 e. The van der Waals surface area contributed by atoms with E-state index in [1.807, 2.05) is 91.9 Å². The minimum Gasteiger partial charge on any atom is 0 e. The molecule has 6 heteroatoms. The van der Waals surface area contributed by atoms with Gasteiger partial charge < -0.3 is 27.7 Å². The third-order valence-electron chi connectivity index (χ3n) is 2.54. The molecule has 0 amide bonds. The summed E-state index contributed by atoms with van der Waals surface area (Å²) in [5, 5.41) is 8.92. The molecule has 1 N–H and O–H groups in total. The topological polar surface area (TPSA) is 20.2 Å². The fraction of sp³-hybridized carbons (Fsp3) is 0.480. The first-order valence-electron chi connectivity index (χ1n) is 10.5. The van der Waals surface area contributed by atoms with Gasteiger partial charge in [0.2, 0.25) is 0 Å². The molecule has 0 atom stereocenters. The van der Waals surface area contributed by atoms with Gasteiger partial charge in [-0.2, -0.15) is 6.92 Å². The van der Waals surface area contributed by atoms with Crippen LogP contribution in [0.3, 0.4) is 0 Å². The third-order valence-corrected chi connectivity index (χ3v) is 2.54. The van der Waals surface area contributed by atoms with Crippen LogP contribution in [-0.2, 0) is 18.6 Å². The largest absolute Gasteiger partial charge is 0 e. The van der Waals surface area contributed by atoms with Gasteiger partial charge in [0, 0.05) is 18.6 Å². The second-order valence-electron chi connectivity index (χ2n) is 4.14. The van der Waals surface area contributed by atoms with Gasteiger partial charge in [-0.3, -0.25) is 4.43 Å². The van der Waals surface area contributed by atoms with Crippen molar-refractivity contribution >= 4 is 59.8 Å². The van der Waals surface area contributed by atoms with E-state index in [0.29, 0.717) is 19.0 Å². The molecule has 2 rings (SSSR count). The predicted molar refractivity (Wildman–Crippen MR) is 166 cm³/mol. The fourth-order valence-electron chi connectivity index (χ4n) is 1.23. The maximum Gasteiger partial charge on any atom is 0 e. The molecule has 0 heterocycles. The quantitative estimate of drug-likeness (QED) is 0.208. The van der Waals surface area contributed by atoms with E-state index in [2.05, 4.69) is 97.9 Å². The number of aromatic hydroxyl groups is 1. The number of hydrogen-bond donors (Lipinski definition) is 1. The molecule has 0 saturated heterocycles. The molecule has 2 aromatic carbocycles. The predicted octanol–water partition coefficient (Wildman–Crippen LogP) is 8.48. The minimum atomic E-state index is 0. The SMILES string of the molecule is CC.CC.CC.CC.C[CH-]I.Cc1ccccc1C.Cc1ccccc1O.I[I-]I.[V]. The van der Waals surface area contributed by atoms with Crippen LogP contribution in [-0.4, -0.2) is 5.11 Å². The van der Waals surface area contributed by atoms with E-state index in [9.17, 15) is 0 Å². The summed E-state index contributed by atoms with van der Waals surface area (Å²) in [6.07, 6.45) is 0. The average Bonchev–Trinajstić information content (AvgIpc) is 2.80. The molecule has 0 aliphatic heterocycles. The molecule has 0 spiro atoms. The van der Waals surface area contributed by atoms with Crippen molar-refractivity contribution in [3.05, 3.63) is 69.6 Å². The standard InChI is InChI=1S/C8H10.C7H8O.C2H4I.4C2H6.I3.V/c1-7-5-3-4-6-8(7)2;1-6-4-2-3-5-7(6)8;1-2-3;4*1-2;1-3-2;/h3-6H,1-2H3;2-5,8H,1H3;2H,1H3;4*1-2H3;;/q;;-1;;;;;-1;. The van der Waals surface area contributed by atoms with Crippen LogP contribution in [0, 0.1) is 25.2 Å². The Morgan fingerprint density at radius 2 is 0.839 bits per heavy atom. The van der Waals surface area contributed by atoms with E-state index in [1.165, 1.54) is 11.1 Å². The number of benzene rings is 2. The number of hydrogen-bond acceptors (Lipinski definition) is 1. The van der Waals surface area contributed by atoms with Crippen LogP contribution >= 0.6 is 59.8 Å². The van der Waals surface area contributed by atoms with Crippen molar-refractivity contribution in [2.45, 2.75) is 83.1 Å². The first-order chi connectivity index (χ1) is 14.4. The van der Waals surface area contributed by atoms with Crippen LogP contribution in [0.1, 0.15) is 79.0 Å².